The number of carbonyl (C=O) groups excluding carboxylic acids is 2. The van der Waals surface area contributed by atoms with Crippen molar-refractivity contribution in [2.45, 2.75) is 25.6 Å². The van der Waals surface area contributed by atoms with Gasteiger partial charge in [-0.15, -0.1) is 0 Å². The molecule has 1 saturated heterocycles. The van der Waals surface area contributed by atoms with E-state index in [1.165, 1.54) is 12.1 Å². The van der Waals surface area contributed by atoms with E-state index >= 15 is 0 Å². The Balaban J connectivity index is 1.39. The van der Waals surface area contributed by atoms with Gasteiger partial charge in [0.2, 0.25) is 5.91 Å². The molecular formula is C24H28F3N3O4. The summed E-state index contributed by atoms with van der Waals surface area (Å²) in [5.74, 6) is 0.907. The average Bonchev–Trinajstić information content (AvgIpc) is 2.85. The molecule has 2 aromatic rings. The minimum Gasteiger partial charge on any atom is -0.497 e. The quantitative estimate of drug-likeness (QED) is 0.628. The number of hydrogen-bond donors (Lipinski definition) is 1. The van der Waals surface area contributed by atoms with Crippen molar-refractivity contribution in [2.75, 3.05) is 39.9 Å². The van der Waals surface area contributed by atoms with Crippen LogP contribution in [0.2, 0.25) is 0 Å². The van der Waals surface area contributed by atoms with E-state index in [9.17, 15) is 22.8 Å². The number of halogens is 3. The molecule has 0 aromatic heterocycles. The summed E-state index contributed by atoms with van der Waals surface area (Å²) in [6.45, 7) is 0.518. The molecule has 0 radical (unpaired) electrons. The van der Waals surface area contributed by atoms with E-state index in [1.54, 1.807) is 29.0 Å². The molecule has 0 aliphatic carbocycles. The Labute approximate surface area is 196 Å². The Kier molecular flexibility index (Phi) is 8.61. The fourth-order valence-corrected chi connectivity index (χ4v) is 3.56. The highest BCUT2D eigenvalue weighted by Gasteiger charge is 2.28. The second kappa shape index (κ2) is 11.6. The first kappa shape index (κ1) is 25.2. The highest BCUT2D eigenvalue weighted by Crippen LogP contribution is 2.19. The van der Waals surface area contributed by atoms with Crippen LogP contribution in [0, 0.1) is 0 Å². The molecule has 0 unspecified atom stereocenters. The second-order valence-electron chi connectivity index (χ2n) is 7.93. The SMILES string of the molecule is COc1ccc(CCC(=O)N2CCN(C(=O)NCc3cccc(OCC(F)(F)F)c3)CC2)cc1. The Morgan fingerprint density at radius 3 is 2.26 bits per heavy atom. The summed E-state index contributed by atoms with van der Waals surface area (Å²) in [6.07, 6.45) is -3.38. The van der Waals surface area contributed by atoms with Crippen LogP contribution >= 0.6 is 0 Å². The van der Waals surface area contributed by atoms with Crippen LogP contribution in [0.4, 0.5) is 18.0 Å². The molecule has 0 saturated carbocycles. The van der Waals surface area contributed by atoms with Crippen molar-refractivity contribution in [3.05, 3.63) is 59.7 Å². The van der Waals surface area contributed by atoms with E-state index in [-0.39, 0.29) is 24.2 Å². The summed E-state index contributed by atoms with van der Waals surface area (Å²) in [5.41, 5.74) is 1.68. The molecule has 1 aliphatic heterocycles. The van der Waals surface area contributed by atoms with Gasteiger partial charge in [0, 0.05) is 39.1 Å². The summed E-state index contributed by atoms with van der Waals surface area (Å²) in [4.78, 5) is 28.4. The number of amides is 3. The summed E-state index contributed by atoms with van der Waals surface area (Å²) < 4.78 is 46.8. The van der Waals surface area contributed by atoms with Crippen molar-refractivity contribution >= 4 is 11.9 Å². The van der Waals surface area contributed by atoms with Gasteiger partial charge in [-0.3, -0.25) is 4.79 Å². The molecule has 0 bridgehead atoms. The number of aryl methyl sites for hydroxylation is 1. The van der Waals surface area contributed by atoms with Gasteiger partial charge in [-0.05, 0) is 41.8 Å². The van der Waals surface area contributed by atoms with E-state index in [1.807, 2.05) is 24.3 Å². The fourth-order valence-electron chi connectivity index (χ4n) is 3.56. The number of piperazine rings is 1. The molecule has 1 N–H and O–H groups in total. The highest BCUT2D eigenvalue weighted by atomic mass is 19.4. The zero-order valence-electron chi connectivity index (χ0n) is 18.9. The standard InChI is InChI=1S/C24H28F3N3O4/c1-33-20-8-5-18(6-9-20)7-10-22(31)29-11-13-30(14-12-29)23(32)28-16-19-3-2-4-21(15-19)34-17-24(25,26)27/h2-6,8-9,15H,7,10-14,16-17H2,1H3,(H,28,32). The minimum absolute atomic E-state index is 0.0477. The normalized spacial score (nSPS) is 14.0. The van der Waals surface area contributed by atoms with Crippen molar-refractivity contribution in [2.24, 2.45) is 0 Å². The van der Waals surface area contributed by atoms with Crippen LogP contribution in [0.5, 0.6) is 11.5 Å². The van der Waals surface area contributed by atoms with Gasteiger partial charge >= 0.3 is 12.2 Å². The second-order valence-corrected chi connectivity index (χ2v) is 7.93. The van der Waals surface area contributed by atoms with Crippen LogP contribution in [0.25, 0.3) is 0 Å². The Morgan fingerprint density at radius 1 is 0.941 bits per heavy atom. The third-order valence-electron chi connectivity index (χ3n) is 5.45. The van der Waals surface area contributed by atoms with E-state index < -0.39 is 12.8 Å². The first-order valence-corrected chi connectivity index (χ1v) is 11.0. The van der Waals surface area contributed by atoms with Crippen molar-refractivity contribution in [3.8, 4) is 11.5 Å². The van der Waals surface area contributed by atoms with Crippen LogP contribution < -0.4 is 14.8 Å². The van der Waals surface area contributed by atoms with E-state index in [0.717, 1.165) is 11.3 Å². The Hall–Kier alpha value is -3.43. The Morgan fingerprint density at radius 2 is 1.62 bits per heavy atom. The number of ether oxygens (including phenoxy) is 2. The number of carbonyl (C=O) groups is 2. The molecule has 0 atom stereocenters. The van der Waals surface area contributed by atoms with Crippen molar-refractivity contribution in [3.63, 3.8) is 0 Å². The molecule has 0 spiro atoms. The van der Waals surface area contributed by atoms with Gasteiger partial charge in [-0.25, -0.2) is 4.79 Å². The smallest absolute Gasteiger partial charge is 0.422 e. The molecule has 2 aromatic carbocycles. The third kappa shape index (κ3) is 7.86. The van der Waals surface area contributed by atoms with E-state index in [2.05, 4.69) is 5.32 Å². The zero-order valence-corrected chi connectivity index (χ0v) is 18.9. The summed E-state index contributed by atoms with van der Waals surface area (Å²) in [5, 5.41) is 2.76. The number of nitrogens with zero attached hydrogens (tertiary/aromatic N) is 2. The molecule has 3 rings (SSSR count). The van der Waals surface area contributed by atoms with Gasteiger partial charge in [-0.1, -0.05) is 24.3 Å². The molecule has 34 heavy (non-hydrogen) atoms. The molecule has 1 fully saturated rings. The number of hydrogen-bond acceptors (Lipinski definition) is 4. The molecule has 10 heteroatoms. The van der Waals surface area contributed by atoms with Gasteiger partial charge < -0.3 is 24.6 Å². The van der Waals surface area contributed by atoms with Gasteiger partial charge in [0.05, 0.1) is 7.11 Å². The molecule has 3 amide bonds. The number of alkyl halides is 3. The van der Waals surface area contributed by atoms with E-state index in [4.69, 9.17) is 9.47 Å². The molecule has 7 nitrogen and oxygen atoms in total. The predicted octanol–water partition coefficient (Wildman–Crippen LogP) is 3.62. The van der Waals surface area contributed by atoms with Gasteiger partial charge in [0.25, 0.3) is 0 Å². The van der Waals surface area contributed by atoms with Crippen LogP contribution in [0.15, 0.2) is 48.5 Å². The van der Waals surface area contributed by atoms with Gasteiger partial charge in [0.1, 0.15) is 11.5 Å². The topological polar surface area (TPSA) is 71.1 Å². The number of urea groups is 1. The van der Waals surface area contributed by atoms with Crippen molar-refractivity contribution in [1.82, 2.24) is 15.1 Å². The summed E-state index contributed by atoms with van der Waals surface area (Å²) in [7, 11) is 1.60. The first-order valence-electron chi connectivity index (χ1n) is 11.0. The molecule has 184 valence electrons. The Bertz CT molecular complexity index is 959. The van der Waals surface area contributed by atoms with Crippen molar-refractivity contribution < 1.29 is 32.2 Å². The fraction of sp³-hybridized carbons (Fsp3) is 0.417. The highest BCUT2D eigenvalue weighted by molar-refractivity contribution is 5.78. The maximum absolute atomic E-state index is 12.5. The number of nitrogens with one attached hydrogen (secondary N) is 1. The maximum Gasteiger partial charge on any atom is 0.422 e. The summed E-state index contributed by atoms with van der Waals surface area (Å²) >= 11 is 0. The zero-order chi connectivity index (χ0) is 24.6. The first-order chi connectivity index (χ1) is 16.2. The number of benzene rings is 2. The monoisotopic (exact) mass is 479 g/mol. The minimum atomic E-state index is -4.41. The lowest BCUT2D eigenvalue weighted by Gasteiger charge is -2.34. The molecular weight excluding hydrogens is 451 g/mol. The lowest BCUT2D eigenvalue weighted by atomic mass is 10.1. The van der Waals surface area contributed by atoms with Crippen LogP contribution in [0.3, 0.4) is 0 Å². The maximum atomic E-state index is 12.5. The van der Waals surface area contributed by atoms with E-state index in [0.29, 0.717) is 44.6 Å². The number of rotatable bonds is 8. The lowest BCUT2D eigenvalue weighted by Crippen LogP contribution is -2.53. The van der Waals surface area contributed by atoms with Crippen LogP contribution in [0.1, 0.15) is 17.5 Å². The largest absolute Gasteiger partial charge is 0.497 e. The van der Waals surface area contributed by atoms with Crippen LogP contribution in [-0.2, 0) is 17.8 Å². The third-order valence-corrected chi connectivity index (χ3v) is 5.45. The molecule has 1 heterocycles. The van der Waals surface area contributed by atoms with Crippen molar-refractivity contribution in [1.29, 1.82) is 0 Å². The van der Waals surface area contributed by atoms with Gasteiger partial charge in [0.15, 0.2) is 6.61 Å². The molecule has 1 aliphatic rings. The summed E-state index contributed by atoms with van der Waals surface area (Å²) in [6, 6.07) is 13.5. The van der Waals surface area contributed by atoms with Crippen LogP contribution in [-0.4, -0.2) is 67.8 Å². The van der Waals surface area contributed by atoms with Gasteiger partial charge in [-0.2, -0.15) is 13.2 Å². The average molecular weight is 479 g/mol. The lowest BCUT2D eigenvalue weighted by molar-refractivity contribution is -0.153. The number of methoxy groups -OCH3 is 1. The predicted molar refractivity (Wildman–Crippen MR) is 120 cm³/mol.